The van der Waals surface area contributed by atoms with E-state index in [1.165, 1.54) is 6.07 Å². The normalized spacial score (nSPS) is 11.4. The van der Waals surface area contributed by atoms with Gasteiger partial charge in [-0.15, -0.1) is 5.10 Å². The van der Waals surface area contributed by atoms with Gasteiger partial charge in [-0.2, -0.15) is 0 Å². The lowest BCUT2D eigenvalue weighted by molar-refractivity contribution is -0.117. The van der Waals surface area contributed by atoms with Gasteiger partial charge in [0.2, 0.25) is 15.9 Å². The average molecular weight is 358 g/mol. The number of nitrogens with zero attached hydrogens (tertiary/aromatic N) is 3. The molecule has 0 bridgehead atoms. The number of H-pyrrole nitrogens is 1. The molecule has 0 spiro atoms. The average Bonchev–Trinajstić information content (AvgIpc) is 3.08. The van der Waals surface area contributed by atoms with Crippen LogP contribution in [0.2, 0.25) is 0 Å². The zero-order valence-electron chi connectivity index (χ0n) is 12.9. The van der Waals surface area contributed by atoms with Crippen LogP contribution in [0.5, 0.6) is 0 Å². The summed E-state index contributed by atoms with van der Waals surface area (Å²) in [7, 11) is -3.99. The molecule has 0 radical (unpaired) electrons. The second-order valence-corrected chi connectivity index (χ2v) is 6.84. The van der Waals surface area contributed by atoms with E-state index >= 15 is 0 Å². The van der Waals surface area contributed by atoms with Crippen molar-refractivity contribution in [2.75, 3.05) is 0 Å². The van der Waals surface area contributed by atoms with Crippen molar-refractivity contribution in [3.8, 4) is 22.5 Å². The Balaban J connectivity index is 2.18. The van der Waals surface area contributed by atoms with Gasteiger partial charge in [0.15, 0.2) is 5.82 Å². The molecule has 5 N–H and O–H groups in total. The van der Waals surface area contributed by atoms with Gasteiger partial charge in [-0.1, -0.05) is 36.4 Å². The van der Waals surface area contributed by atoms with Crippen molar-refractivity contribution in [2.45, 2.75) is 11.3 Å². The van der Waals surface area contributed by atoms with E-state index in [-0.39, 0.29) is 22.7 Å². The zero-order chi connectivity index (χ0) is 18.0. The molecular formula is C15H14N6O3S. The minimum atomic E-state index is -3.99. The maximum atomic E-state index is 12.0. The van der Waals surface area contributed by atoms with Gasteiger partial charge in [0.1, 0.15) is 0 Å². The largest absolute Gasteiger partial charge is 0.369 e. The van der Waals surface area contributed by atoms with Gasteiger partial charge >= 0.3 is 0 Å². The maximum Gasteiger partial charge on any atom is 0.238 e. The molecule has 10 heteroatoms. The molecule has 25 heavy (non-hydrogen) atoms. The Hall–Kier alpha value is -3.11. The number of aromatic amines is 1. The van der Waals surface area contributed by atoms with Crippen molar-refractivity contribution in [2.24, 2.45) is 10.9 Å². The van der Waals surface area contributed by atoms with Crippen molar-refractivity contribution in [3.05, 3.63) is 48.0 Å². The van der Waals surface area contributed by atoms with Crippen LogP contribution in [-0.2, 0) is 21.2 Å². The summed E-state index contributed by atoms with van der Waals surface area (Å²) in [6, 6.07) is 11.7. The van der Waals surface area contributed by atoms with Crippen LogP contribution in [-0.4, -0.2) is 34.9 Å². The van der Waals surface area contributed by atoms with Crippen molar-refractivity contribution < 1.29 is 13.2 Å². The molecule has 0 unspecified atom stereocenters. The maximum absolute atomic E-state index is 12.0. The Morgan fingerprint density at radius 3 is 2.40 bits per heavy atom. The number of amides is 1. The number of aromatic nitrogens is 4. The van der Waals surface area contributed by atoms with Crippen LogP contribution in [0.1, 0.15) is 5.56 Å². The Kier molecular flexibility index (Phi) is 4.30. The third kappa shape index (κ3) is 3.54. The predicted octanol–water partition coefficient (Wildman–Crippen LogP) is 0.209. The summed E-state index contributed by atoms with van der Waals surface area (Å²) in [5, 5.41) is 18.7. The minimum Gasteiger partial charge on any atom is -0.369 e. The number of tetrazole rings is 1. The van der Waals surface area contributed by atoms with E-state index in [0.717, 1.165) is 5.56 Å². The summed E-state index contributed by atoms with van der Waals surface area (Å²) < 4.78 is 23.9. The number of primary amides is 1. The number of rotatable bonds is 5. The highest BCUT2D eigenvalue weighted by molar-refractivity contribution is 7.89. The van der Waals surface area contributed by atoms with Gasteiger partial charge in [-0.05, 0) is 33.2 Å². The number of hydrogen-bond acceptors (Lipinski definition) is 6. The molecule has 0 aliphatic heterocycles. The standard InChI is InChI=1S/C15H14N6O3S/c16-13(22)8-9-4-6-10(7-5-9)11-2-1-3-12(25(17,23)24)14(11)15-18-20-21-19-15/h1-7H,8H2,(H2,16,22)(H2,17,23,24)(H,18,19,20,21). The summed E-state index contributed by atoms with van der Waals surface area (Å²) in [5.74, 6) is -0.252. The highest BCUT2D eigenvalue weighted by Crippen LogP contribution is 2.34. The molecule has 0 atom stereocenters. The quantitative estimate of drug-likeness (QED) is 0.591. The second-order valence-electron chi connectivity index (χ2n) is 5.31. The molecule has 3 rings (SSSR count). The Morgan fingerprint density at radius 2 is 1.84 bits per heavy atom. The molecular weight excluding hydrogens is 344 g/mol. The molecule has 0 aliphatic carbocycles. The van der Waals surface area contributed by atoms with Crippen LogP contribution in [0, 0.1) is 0 Å². The first kappa shape index (κ1) is 16.7. The fraction of sp³-hybridized carbons (Fsp3) is 0.0667. The Labute approximate surface area is 143 Å². The number of hydrogen-bond donors (Lipinski definition) is 3. The van der Waals surface area contributed by atoms with E-state index in [1.807, 2.05) is 0 Å². The van der Waals surface area contributed by atoms with Gasteiger partial charge in [0.05, 0.1) is 11.3 Å². The first-order chi connectivity index (χ1) is 11.9. The summed E-state index contributed by atoms with van der Waals surface area (Å²) in [5.41, 5.74) is 7.50. The molecule has 3 aromatic rings. The first-order valence-electron chi connectivity index (χ1n) is 7.14. The molecule has 0 saturated carbocycles. The molecule has 1 amide bonds. The van der Waals surface area contributed by atoms with Crippen LogP contribution in [0.4, 0.5) is 0 Å². The highest BCUT2D eigenvalue weighted by Gasteiger charge is 2.21. The van der Waals surface area contributed by atoms with Gasteiger partial charge in [-0.25, -0.2) is 18.7 Å². The lowest BCUT2D eigenvalue weighted by Gasteiger charge is -2.12. The lowest BCUT2D eigenvalue weighted by Crippen LogP contribution is -2.14. The van der Waals surface area contributed by atoms with E-state index in [1.54, 1.807) is 36.4 Å². The second kappa shape index (κ2) is 6.42. The number of benzene rings is 2. The SMILES string of the molecule is NC(=O)Cc1ccc(-c2cccc(S(N)(=O)=O)c2-c2nnn[nH]2)cc1. The summed E-state index contributed by atoms with van der Waals surface area (Å²) in [6.07, 6.45) is 0.121. The number of primary sulfonamides is 1. The minimum absolute atomic E-state index is 0.0928. The topological polar surface area (TPSA) is 158 Å². The third-order valence-electron chi connectivity index (χ3n) is 3.56. The van der Waals surface area contributed by atoms with Gasteiger partial charge in [0.25, 0.3) is 0 Å². The molecule has 9 nitrogen and oxygen atoms in total. The molecule has 1 heterocycles. The molecule has 0 saturated heterocycles. The van der Waals surface area contributed by atoms with Gasteiger partial charge in [0, 0.05) is 5.56 Å². The van der Waals surface area contributed by atoms with Gasteiger partial charge in [-0.3, -0.25) is 4.79 Å². The lowest BCUT2D eigenvalue weighted by atomic mass is 9.97. The fourth-order valence-electron chi connectivity index (χ4n) is 2.52. The van der Waals surface area contributed by atoms with E-state index in [4.69, 9.17) is 10.9 Å². The predicted molar refractivity (Wildman–Crippen MR) is 89.3 cm³/mol. The number of nitrogens with two attached hydrogens (primary N) is 2. The number of carbonyl (C=O) groups is 1. The molecule has 0 fully saturated rings. The summed E-state index contributed by atoms with van der Waals surface area (Å²) >= 11 is 0. The number of carbonyl (C=O) groups excluding carboxylic acids is 1. The number of nitrogens with one attached hydrogen (secondary N) is 1. The zero-order valence-corrected chi connectivity index (χ0v) is 13.7. The van der Waals surface area contributed by atoms with Crippen LogP contribution in [0.15, 0.2) is 47.4 Å². The summed E-state index contributed by atoms with van der Waals surface area (Å²) in [6.45, 7) is 0. The Morgan fingerprint density at radius 1 is 1.12 bits per heavy atom. The van der Waals surface area contributed by atoms with Crippen LogP contribution >= 0.6 is 0 Å². The highest BCUT2D eigenvalue weighted by atomic mass is 32.2. The van der Waals surface area contributed by atoms with Crippen LogP contribution in [0.25, 0.3) is 22.5 Å². The number of sulfonamides is 1. The van der Waals surface area contributed by atoms with Crippen molar-refractivity contribution in [1.82, 2.24) is 20.6 Å². The van der Waals surface area contributed by atoms with Crippen molar-refractivity contribution in [3.63, 3.8) is 0 Å². The van der Waals surface area contributed by atoms with Gasteiger partial charge < -0.3 is 5.73 Å². The summed E-state index contributed by atoms with van der Waals surface area (Å²) in [4.78, 5) is 10.9. The van der Waals surface area contributed by atoms with Crippen LogP contribution in [0.3, 0.4) is 0 Å². The molecule has 2 aromatic carbocycles. The van der Waals surface area contributed by atoms with Crippen molar-refractivity contribution in [1.29, 1.82) is 0 Å². The van der Waals surface area contributed by atoms with E-state index < -0.39 is 15.9 Å². The van der Waals surface area contributed by atoms with E-state index in [0.29, 0.717) is 11.1 Å². The fourth-order valence-corrected chi connectivity index (χ4v) is 3.28. The van der Waals surface area contributed by atoms with Crippen LogP contribution < -0.4 is 10.9 Å². The smallest absolute Gasteiger partial charge is 0.238 e. The Bertz CT molecular complexity index is 1010. The molecule has 128 valence electrons. The third-order valence-corrected chi connectivity index (χ3v) is 4.51. The van der Waals surface area contributed by atoms with Crippen molar-refractivity contribution >= 4 is 15.9 Å². The first-order valence-corrected chi connectivity index (χ1v) is 8.68. The monoisotopic (exact) mass is 358 g/mol. The van der Waals surface area contributed by atoms with E-state index in [2.05, 4.69) is 20.6 Å². The molecule has 0 aliphatic rings. The van der Waals surface area contributed by atoms with E-state index in [9.17, 15) is 13.2 Å². The molecule has 1 aromatic heterocycles.